The van der Waals surface area contributed by atoms with Crippen LogP contribution in [0.15, 0.2) is 30.3 Å². The highest BCUT2D eigenvalue weighted by molar-refractivity contribution is 5.76. The molecule has 1 saturated heterocycles. The summed E-state index contributed by atoms with van der Waals surface area (Å²) in [7, 11) is 0. The molecule has 5 saturated carbocycles. The number of hydrogen-bond acceptors (Lipinski definition) is 4. The number of benzene rings is 1. The zero-order chi connectivity index (χ0) is 21.1. The summed E-state index contributed by atoms with van der Waals surface area (Å²) in [6.45, 7) is 2.04. The standard InChI is InChI=1S/C26H35NO4/c1-17(21-7-3-2-4-8-21)27-23(28)13-18-6-5-9-26(16-18)29-24-22-11-19-10-20(12-22)15-25(24,14-19)30-31-26/h2-4,7-8,17-20,22,24H,5-6,9-16H2,1H3,(H,27,28)/t17-,18-,19?,20?,22?,24-,25?,26+/m0/s1. The van der Waals surface area contributed by atoms with Gasteiger partial charge in [0.25, 0.3) is 0 Å². The number of carbonyl (C=O) groups is 1. The number of carbonyl (C=O) groups excluding carboxylic acids is 1. The van der Waals surface area contributed by atoms with Gasteiger partial charge in [0, 0.05) is 19.3 Å². The Balaban J connectivity index is 1.09. The molecule has 1 aromatic rings. The minimum absolute atomic E-state index is 0.0182. The van der Waals surface area contributed by atoms with E-state index in [1.165, 1.54) is 19.3 Å². The van der Waals surface area contributed by atoms with Gasteiger partial charge in [0.1, 0.15) is 5.60 Å². The van der Waals surface area contributed by atoms with Gasteiger partial charge in [-0.1, -0.05) is 30.3 Å². The molecule has 2 unspecified atom stereocenters. The van der Waals surface area contributed by atoms with Crippen molar-refractivity contribution in [2.75, 3.05) is 0 Å². The monoisotopic (exact) mass is 425 g/mol. The smallest absolute Gasteiger partial charge is 0.220 e. The fraction of sp³-hybridized carbons (Fsp3) is 0.731. The Hall–Kier alpha value is -1.43. The number of nitrogens with one attached hydrogen (secondary N) is 1. The average Bonchev–Trinajstić information content (AvgIpc) is 2.75. The Labute approximate surface area is 185 Å². The summed E-state index contributed by atoms with van der Waals surface area (Å²) in [5.74, 6) is 1.95. The lowest BCUT2D eigenvalue weighted by Gasteiger charge is -2.63. The zero-order valence-electron chi connectivity index (χ0n) is 18.6. The molecule has 7 rings (SSSR count). The van der Waals surface area contributed by atoms with Crippen LogP contribution in [0.1, 0.15) is 82.7 Å². The molecular formula is C26H35NO4. The Kier molecular flexibility index (Phi) is 4.93. The van der Waals surface area contributed by atoms with Crippen LogP contribution in [0.3, 0.4) is 0 Å². The van der Waals surface area contributed by atoms with E-state index in [0.29, 0.717) is 12.3 Å². The van der Waals surface area contributed by atoms with Gasteiger partial charge in [0.2, 0.25) is 11.7 Å². The molecule has 0 radical (unpaired) electrons. The molecule has 4 bridgehead atoms. The number of rotatable bonds is 4. The summed E-state index contributed by atoms with van der Waals surface area (Å²) in [6, 6.07) is 10.2. The summed E-state index contributed by atoms with van der Waals surface area (Å²) in [4.78, 5) is 25.2. The average molecular weight is 426 g/mol. The van der Waals surface area contributed by atoms with Gasteiger partial charge in [-0.05, 0) is 81.1 Å². The molecule has 1 aliphatic heterocycles. The van der Waals surface area contributed by atoms with Gasteiger partial charge < -0.3 is 10.1 Å². The second kappa shape index (κ2) is 7.57. The van der Waals surface area contributed by atoms with E-state index < -0.39 is 5.79 Å². The van der Waals surface area contributed by atoms with Gasteiger partial charge in [-0.25, -0.2) is 9.78 Å². The van der Waals surface area contributed by atoms with Gasteiger partial charge in [-0.3, -0.25) is 4.79 Å². The van der Waals surface area contributed by atoms with Gasteiger partial charge in [0.15, 0.2) is 0 Å². The molecule has 5 nitrogen and oxygen atoms in total. The minimum Gasteiger partial charge on any atom is -0.350 e. The number of ether oxygens (including phenoxy) is 1. The first kappa shape index (κ1) is 20.2. The van der Waals surface area contributed by atoms with E-state index >= 15 is 0 Å². The predicted molar refractivity (Wildman–Crippen MR) is 116 cm³/mol. The third-order valence-electron chi connectivity index (χ3n) is 8.78. The topological polar surface area (TPSA) is 56.8 Å². The molecule has 6 fully saturated rings. The molecule has 1 amide bonds. The SMILES string of the molecule is C[C@H](NC(=O)C[C@@H]1CCC[C@]2(C1)OOC13CC4CC(CC(C4)[C@@H]1O2)C3)c1ccccc1. The van der Waals surface area contributed by atoms with Crippen molar-refractivity contribution >= 4 is 5.91 Å². The Morgan fingerprint density at radius 2 is 1.87 bits per heavy atom. The van der Waals surface area contributed by atoms with Crippen LogP contribution in [0.2, 0.25) is 0 Å². The largest absolute Gasteiger partial charge is 0.350 e. The second-order valence-electron chi connectivity index (χ2n) is 11.2. The lowest BCUT2D eigenvalue weighted by atomic mass is 9.52. The fourth-order valence-electron chi connectivity index (χ4n) is 7.70. The Morgan fingerprint density at radius 1 is 1.10 bits per heavy atom. The Bertz CT molecular complexity index is 814. The Morgan fingerprint density at radius 3 is 2.65 bits per heavy atom. The van der Waals surface area contributed by atoms with E-state index in [0.717, 1.165) is 55.9 Å². The third kappa shape index (κ3) is 3.63. The first-order valence-corrected chi connectivity index (χ1v) is 12.4. The normalized spacial score (nSPS) is 44.1. The third-order valence-corrected chi connectivity index (χ3v) is 8.78. The molecule has 1 N–H and O–H groups in total. The predicted octanol–water partition coefficient (Wildman–Crippen LogP) is 5.07. The highest BCUT2D eigenvalue weighted by Gasteiger charge is 2.64. The molecule has 2 spiro atoms. The number of amides is 1. The van der Waals surface area contributed by atoms with Gasteiger partial charge in [-0.15, -0.1) is 0 Å². The van der Waals surface area contributed by atoms with E-state index in [9.17, 15) is 4.79 Å². The maximum atomic E-state index is 12.8. The molecular weight excluding hydrogens is 390 g/mol. The lowest BCUT2D eigenvalue weighted by molar-refractivity contribution is -0.553. The van der Waals surface area contributed by atoms with Crippen molar-refractivity contribution in [1.29, 1.82) is 0 Å². The first-order valence-electron chi connectivity index (χ1n) is 12.4. The van der Waals surface area contributed by atoms with Crippen LogP contribution in [0.5, 0.6) is 0 Å². The summed E-state index contributed by atoms with van der Waals surface area (Å²) in [5, 5.41) is 3.17. The fourth-order valence-corrected chi connectivity index (χ4v) is 7.70. The quantitative estimate of drug-likeness (QED) is 0.685. The van der Waals surface area contributed by atoms with Crippen LogP contribution in [0.4, 0.5) is 0 Å². The van der Waals surface area contributed by atoms with Crippen molar-refractivity contribution < 1.29 is 19.3 Å². The van der Waals surface area contributed by atoms with Crippen LogP contribution in [0.25, 0.3) is 0 Å². The van der Waals surface area contributed by atoms with Crippen molar-refractivity contribution in [3.05, 3.63) is 35.9 Å². The molecule has 0 aromatic heterocycles. The van der Waals surface area contributed by atoms with Crippen molar-refractivity contribution in [2.45, 2.75) is 94.7 Å². The molecule has 168 valence electrons. The highest BCUT2D eigenvalue weighted by Crippen LogP contribution is 2.61. The maximum absolute atomic E-state index is 12.8. The van der Waals surface area contributed by atoms with Crippen LogP contribution < -0.4 is 5.32 Å². The lowest BCUT2D eigenvalue weighted by Crippen LogP contribution is -2.68. The summed E-state index contributed by atoms with van der Waals surface area (Å²) < 4.78 is 6.83. The zero-order valence-corrected chi connectivity index (χ0v) is 18.6. The highest BCUT2D eigenvalue weighted by atomic mass is 17.2. The van der Waals surface area contributed by atoms with E-state index in [-0.39, 0.29) is 29.6 Å². The molecule has 6 atom stereocenters. The molecule has 31 heavy (non-hydrogen) atoms. The van der Waals surface area contributed by atoms with Gasteiger partial charge in [0.05, 0.1) is 12.1 Å². The van der Waals surface area contributed by atoms with E-state index in [2.05, 4.69) is 17.4 Å². The van der Waals surface area contributed by atoms with E-state index in [1.807, 2.05) is 25.1 Å². The minimum atomic E-state index is -0.653. The van der Waals surface area contributed by atoms with Crippen LogP contribution in [-0.2, 0) is 19.3 Å². The van der Waals surface area contributed by atoms with Gasteiger partial charge >= 0.3 is 0 Å². The van der Waals surface area contributed by atoms with E-state index in [4.69, 9.17) is 14.5 Å². The summed E-state index contributed by atoms with van der Waals surface area (Å²) in [6.07, 6.45) is 10.6. The van der Waals surface area contributed by atoms with Crippen molar-refractivity contribution in [3.63, 3.8) is 0 Å². The second-order valence-corrected chi connectivity index (χ2v) is 11.2. The first-order chi connectivity index (χ1) is 15.0. The van der Waals surface area contributed by atoms with Gasteiger partial charge in [-0.2, -0.15) is 0 Å². The van der Waals surface area contributed by atoms with Crippen LogP contribution in [-0.4, -0.2) is 23.4 Å². The van der Waals surface area contributed by atoms with Crippen molar-refractivity contribution in [1.82, 2.24) is 5.32 Å². The summed E-state index contributed by atoms with van der Waals surface area (Å²) >= 11 is 0. The molecule has 1 aromatic carbocycles. The summed E-state index contributed by atoms with van der Waals surface area (Å²) in [5.41, 5.74) is 0.936. The maximum Gasteiger partial charge on any atom is 0.220 e. The van der Waals surface area contributed by atoms with Crippen LogP contribution in [0, 0.1) is 23.7 Å². The van der Waals surface area contributed by atoms with E-state index in [1.54, 1.807) is 0 Å². The van der Waals surface area contributed by atoms with Crippen LogP contribution >= 0.6 is 0 Å². The van der Waals surface area contributed by atoms with Crippen molar-refractivity contribution in [3.8, 4) is 0 Å². The molecule has 5 heteroatoms. The van der Waals surface area contributed by atoms with Crippen molar-refractivity contribution in [2.24, 2.45) is 23.7 Å². The molecule has 5 aliphatic carbocycles. The number of hydrogen-bond donors (Lipinski definition) is 1. The molecule has 1 heterocycles. The molecule has 6 aliphatic rings.